The number of hydrogen-bond acceptors (Lipinski definition) is 5. The molecule has 5 nitrogen and oxygen atoms in total. The van der Waals surface area contributed by atoms with Crippen molar-refractivity contribution in [2.75, 3.05) is 13.7 Å². The van der Waals surface area contributed by atoms with Gasteiger partial charge in [0.2, 0.25) is 0 Å². The molecular weight excluding hydrogens is 234 g/mol. The Hall–Kier alpha value is -1.43. The van der Waals surface area contributed by atoms with Gasteiger partial charge in [-0.05, 0) is 18.1 Å². The van der Waals surface area contributed by atoms with E-state index in [1.165, 1.54) is 7.11 Å². The van der Waals surface area contributed by atoms with E-state index < -0.39 is 6.04 Å². The van der Waals surface area contributed by atoms with Gasteiger partial charge in [0.05, 0.1) is 20.1 Å². The molecule has 0 amide bonds. The molecule has 1 aromatic carbocycles. The molecular formula is C13H19NO4. The van der Waals surface area contributed by atoms with Gasteiger partial charge >= 0.3 is 5.97 Å². The van der Waals surface area contributed by atoms with Crippen molar-refractivity contribution in [3.63, 3.8) is 0 Å². The van der Waals surface area contributed by atoms with Crippen molar-refractivity contribution in [1.82, 2.24) is 0 Å². The van der Waals surface area contributed by atoms with Gasteiger partial charge in [-0.1, -0.05) is 24.3 Å². The first-order valence-corrected chi connectivity index (χ1v) is 5.83. The summed E-state index contributed by atoms with van der Waals surface area (Å²) in [7, 11) is 1.45. The van der Waals surface area contributed by atoms with Crippen LogP contribution >= 0.6 is 0 Å². The van der Waals surface area contributed by atoms with Crippen LogP contribution in [-0.4, -0.2) is 19.7 Å². The molecule has 2 N–H and O–H groups in total. The Bertz CT molecular complexity index is 381. The maximum absolute atomic E-state index is 11.4. The van der Waals surface area contributed by atoms with E-state index in [-0.39, 0.29) is 12.4 Å². The van der Waals surface area contributed by atoms with Crippen LogP contribution in [0.25, 0.3) is 0 Å². The van der Waals surface area contributed by atoms with E-state index in [0.717, 1.165) is 11.1 Å². The minimum atomic E-state index is -0.402. The minimum Gasteiger partial charge on any atom is -0.466 e. The van der Waals surface area contributed by atoms with E-state index in [9.17, 15) is 4.79 Å². The molecule has 5 heteroatoms. The zero-order valence-corrected chi connectivity index (χ0v) is 10.7. The van der Waals surface area contributed by atoms with Gasteiger partial charge in [0.15, 0.2) is 0 Å². The van der Waals surface area contributed by atoms with Gasteiger partial charge in [0.1, 0.15) is 6.61 Å². The molecule has 1 rings (SSSR count). The lowest BCUT2D eigenvalue weighted by molar-refractivity contribution is -0.282. The third-order valence-corrected chi connectivity index (χ3v) is 2.48. The summed E-state index contributed by atoms with van der Waals surface area (Å²) < 4.78 is 4.88. The summed E-state index contributed by atoms with van der Waals surface area (Å²) in [5, 5.41) is 0. The molecule has 0 aliphatic rings. The van der Waals surface area contributed by atoms with Crippen molar-refractivity contribution in [2.45, 2.75) is 26.0 Å². The summed E-state index contributed by atoms with van der Waals surface area (Å²) in [4.78, 5) is 20.9. The Morgan fingerprint density at radius 2 is 2.11 bits per heavy atom. The van der Waals surface area contributed by atoms with Crippen LogP contribution in [0.2, 0.25) is 0 Å². The topological polar surface area (TPSA) is 70.8 Å². The van der Waals surface area contributed by atoms with Crippen molar-refractivity contribution in [1.29, 1.82) is 0 Å². The molecule has 0 spiro atoms. The molecule has 0 aliphatic heterocycles. The van der Waals surface area contributed by atoms with Crippen molar-refractivity contribution >= 4 is 5.97 Å². The maximum atomic E-state index is 11.4. The fourth-order valence-electron chi connectivity index (χ4n) is 1.66. The first-order chi connectivity index (χ1) is 8.69. The predicted octanol–water partition coefficient (Wildman–Crippen LogP) is 1.72. The van der Waals surface area contributed by atoms with Gasteiger partial charge < -0.3 is 10.5 Å². The van der Waals surface area contributed by atoms with Gasteiger partial charge in [0, 0.05) is 6.04 Å². The summed E-state index contributed by atoms with van der Waals surface area (Å²) in [6.45, 7) is 2.42. The Kier molecular flexibility index (Phi) is 6.35. The number of esters is 1. The lowest BCUT2D eigenvalue weighted by Crippen LogP contribution is -2.18. The molecule has 0 saturated carbocycles. The first-order valence-electron chi connectivity index (χ1n) is 5.83. The summed E-state index contributed by atoms with van der Waals surface area (Å²) in [5.41, 5.74) is 7.76. The van der Waals surface area contributed by atoms with E-state index >= 15 is 0 Å². The van der Waals surface area contributed by atoms with E-state index in [0.29, 0.717) is 13.2 Å². The second kappa shape index (κ2) is 7.81. The zero-order valence-electron chi connectivity index (χ0n) is 10.7. The van der Waals surface area contributed by atoms with E-state index in [4.69, 9.17) is 15.4 Å². The molecule has 100 valence electrons. The summed E-state index contributed by atoms with van der Waals surface area (Å²) >= 11 is 0. The standard InChI is InChI=1S/C13H19NO4/c1-3-17-13(15)8-12(14)11-7-5-4-6-10(11)9-18-16-2/h4-7,12H,3,8-9,14H2,1-2H3. The number of ether oxygens (including phenoxy) is 1. The summed E-state index contributed by atoms with van der Waals surface area (Å²) in [6, 6.07) is 7.11. The monoisotopic (exact) mass is 253 g/mol. The van der Waals surface area contributed by atoms with Crippen LogP contribution in [-0.2, 0) is 25.9 Å². The van der Waals surface area contributed by atoms with Gasteiger partial charge in [-0.2, -0.15) is 0 Å². The van der Waals surface area contributed by atoms with Crippen molar-refractivity contribution < 1.29 is 19.3 Å². The Balaban J connectivity index is 2.71. The Morgan fingerprint density at radius 1 is 1.39 bits per heavy atom. The highest BCUT2D eigenvalue weighted by Crippen LogP contribution is 2.20. The van der Waals surface area contributed by atoms with Crippen LogP contribution in [0, 0.1) is 0 Å². The fraction of sp³-hybridized carbons (Fsp3) is 0.462. The molecule has 0 fully saturated rings. The second-order valence-electron chi connectivity index (χ2n) is 3.74. The van der Waals surface area contributed by atoms with Crippen LogP contribution < -0.4 is 5.73 Å². The zero-order chi connectivity index (χ0) is 13.4. The van der Waals surface area contributed by atoms with Crippen molar-refractivity contribution in [3.8, 4) is 0 Å². The number of carbonyl (C=O) groups is 1. The van der Waals surface area contributed by atoms with Crippen LogP contribution in [0.5, 0.6) is 0 Å². The van der Waals surface area contributed by atoms with E-state index in [1.54, 1.807) is 6.92 Å². The van der Waals surface area contributed by atoms with Gasteiger partial charge in [-0.3, -0.25) is 4.79 Å². The van der Waals surface area contributed by atoms with Crippen LogP contribution in [0.1, 0.15) is 30.5 Å². The van der Waals surface area contributed by atoms with Gasteiger partial charge in [-0.25, -0.2) is 9.78 Å². The number of hydrogen-bond donors (Lipinski definition) is 1. The molecule has 1 atom stereocenters. The first kappa shape index (κ1) is 14.6. The van der Waals surface area contributed by atoms with Crippen LogP contribution in [0.4, 0.5) is 0 Å². The molecule has 0 bridgehead atoms. The molecule has 0 radical (unpaired) electrons. The third-order valence-electron chi connectivity index (χ3n) is 2.48. The molecule has 0 aliphatic carbocycles. The maximum Gasteiger partial charge on any atom is 0.307 e. The molecule has 18 heavy (non-hydrogen) atoms. The van der Waals surface area contributed by atoms with Crippen LogP contribution in [0.15, 0.2) is 24.3 Å². The number of nitrogens with two attached hydrogens (primary N) is 1. The number of carbonyl (C=O) groups excluding carboxylic acids is 1. The Morgan fingerprint density at radius 3 is 2.78 bits per heavy atom. The van der Waals surface area contributed by atoms with Gasteiger partial charge in [-0.15, -0.1) is 0 Å². The molecule has 1 unspecified atom stereocenters. The highest BCUT2D eigenvalue weighted by molar-refractivity contribution is 5.70. The number of rotatable bonds is 7. The SMILES string of the molecule is CCOC(=O)CC(N)c1ccccc1COOC. The third kappa shape index (κ3) is 4.44. The van der Waals surface area contributed by atoms with E-state index in [1.807, 2.05) is 24.3 Å². The lowest BCUT2D eigenvalue weighted by atomic mass is 9.99. The fourth-order valence-corrected chi connectivity index (χ4v) is 1.66. The van der Waals surface area contributed by atoms with Crippen LogP contribution in [0.3, 0.4) is 0 Å². The Labute approximate surface area is 107 Å². The van der Waals surface area contributed by atoms with Gasteiger partial charge in [0.25, 0.3) is 0 Å². The molecule has 1 aromatic rings. The second-order valence-corrected chi connectivity index (χ2v) is 3.74. The molecule has 0 saturated heterocycles. The molecule has 0 aromatic heterocycles. The average Bonchev–Trinajstić information content (AvgIpc) is 2.36. The number of benzene rings is 1. The molecule has 0 heterocycles. The highest BCUT2D eigenvalue weighted by atomic mass is 17.2. The average molecular weight is 253 g/mol. The van der Waals surface area contributed by atoms with Crippen molar-refractivity contribution in [3.05, 3.63) is 35.4 Å². The summed E-state index contributed by atoms with van der Waals surface area (Å²) in [5.74, 6) is -0.299. The van der Waals surface area contributed by atoms with Crippen molar-refractivity contribution in [2.24, 2.45) is 5.73 Å². The largest absolute Gasteiger partial charge is 0.466 e. The quantitative estimate of drug-likeness (QED) is 0.455. The summed E-state index contributed by atoms with van der Waals surface area (Å²) in [6.07, 6.45) is 0.151. The van der Waals surface area contributed by atoms with E-state index in [2.05, 4.69) is 4.89 Å². The minimum absolute atomic E-state index is 0.151. The normalized spacial score (nSPS) is 12.2. The smallest absolute Gasteiger partial charge is 0.307 e. The predicted molar refractivity (Wildman–Crippen MR) is 66.4 cm³/mol. The highest BCUT2D eigenvalue weighted by Gasteiger charge is 2.15. The lowest BCUT2D eigenvalue weighted by Gasteiger charge is -2.15.